The predicted octanol–water partition coefficient (Wildman–Crippen LogP) is 5.89. The minimum Gasteiger partial charge on any atom is -0.489 e. The Morgan fingerprint density at radius 3 is 2.70 bits per heavy atom. The average Bonchev–Trinajstić information content (AvgIpc) is 2.66. The van der Waals surface area contributed by atoms with Crippen LogP contribution in [-0.2, 0) is 13.0 Å². The lowest BCUT2D eigenvalue weighted by atomic mass is 10.1. The van der Waals surface area contributed by atoms with E-state index in [0.29, 0.717) is 6.61 Å². The lowest BCUT2D eigenvalue weighted by Gasteiger charge is -2.12. The van der Waals surface area contributed by atoms with Gasteiger partial charge in [0.05, 0.1) is 0 Å². The Morgan fingerprint density at radius 2 is 1.96 bits per heavy atom. The van der Waals surface area contributed by atoms with Crippen molar-refractivity contribution in [2.75, 3.05) is 0 Å². The number of rotatable bonds is 7. The Kier molecular flexibility index (Phi) is 6.30. The first-order valence-corrected chi connectivity index (χ1v) is 9.83. The van der Waals surface area contributed by atoms with Crippen LogP contribution in [0.4, 0.5) is 0 Å². The molecule has 0 amide bonds. The second kappa shape index (κ2) is 8.87. The number of hydrogen-bond acceptors (Lipinski definition) is 4. The van der Waals surface area contributed by atoms with Gasteiger partial charge < -0.3 is 4.74 Å². The zero-order valence-electron chi connectivity index (χ0n) is 15.9. The number of aromatic nitrogens is 1. The highest BCUT2D eigenvalue weighted by molar-refractivity contribution is 7.99. The van der Waals surface area contributed by atoms with Crippen LogP contribution in [0.25, 0.3) is 0 Å². The second-order valence-corrected chi connectivity index (χ2v) is 7.54. The largest absolute Gasteiger partial charge is 0.489 e. The zero-order chi connectivity index (χ0) is 19.2. The van der Waals surface area contributed by atoms with Crippen molar-refractivity contribution in [2.45, 2.75) is 43.7 Å². The van der Waals surface area contributed by atoms with E-state index in [1.165, 1.54) is 5.56 Å². The Hall–Kier alpha value is -2.59. The molecule has 3 nitrogen and oxygen atoms in total. The molecule has 0 radical (unpaired) electrons. The van der Waals surface area contributed by atoms with E-state index >= 15 is 0 Å². The van der Waals surface area contributed by atoms with Gasteiger partial charge in [-0.05, 0) is 79.4 Å². The Morgan fingerprint density at radius 1 is 1.11 bits per heavy atom. The number of carbonyl (C=O) groups excluding carboxylic acids is 1. The van der Waals surface area contributed by atoms with E-state index in [1.54, 1.807) is 18.7 Å². The number of benzene rings is 2. The predicted molar refractivity (Wildman–Crippen MR) is 110 cm³/mol. The first-order valence-electron chi connectivity index (χ1n) is 9.01. The van der Waals surface area contributed by atoms with Crippen molar-refractivity contribution in [2.24, 2.45) is 0 Å². The van der Waals surface area contributed by atoms with Gasteiger partial charge in [0.2, 0.25) is 0 Å². The molecule has 0 aliphatic rings. The quantitative estimate of drug-likeness (QED) is 0.482. The molecule has 27 heavy (non-hydrogen) atoms. The van der Waals surface area contributed by atoms with Gasteiger partial charge in [-0.15, -0.1) is 0 Å². The fourth-order valence-electron chi connectivity index (χ4n) is 2.76. The van der Waals surface area contributed by atoms with E-state index in [4.69, 9.17) is 4.74 Å². The third-order valence-corrected chi connectivity index (χ3v) is 5.18. The van der Waals surface area contributed by atoms with Crippen molar-refractivity contribution in [1.29, 1.82) is 0 Å². The van der Waals surface area contributed by atoms with Crippen LogP contribution in [-0.4, -0.2) is 10.8 Å². The third-order valence-electron chi connectivity index (χ3n) is 4.25. The van der Waals surface area contributed by atoms with Crippen molar-refractivity contribution in [3.05, 3.63) is 83.0 Å². The summed E-state index contributed by atoms with van der Waals surface area (Å²) in [5, 5.41) is 0.987. The van der Waals surface area contributed by atoms with Gasteiger partial charge >= 0.3 is 0 Å². The summed E-state index contributed by atoms with van der Waals surface area (Å²) in [4.78, 5) is 17.1. The van der Waals surface area contributed by atoms with Crippen LogP contribution in [0.5, 0.6) is 5.75 Å². The minimum atomic E-state index is 0.0748. The van der Waals surface area contributed by atoms with Gasteiger partial charge in [-0.2, -0.15) is 0 Å². The molecule has 1 aromatic heterocycles. The molecule has 0 atom stereocenters. The van der Waals surface area contributed by atoms with Crippen LogP contribution in [0.2, 0.25) is 0 Å². The summed E-state index contributed by atoms with van der Waals surface area (Å²) in [5.74, 6) is 0.909. The van der Waals surface area contributed by atoms with Crippen LogP contribution in [0.1, 0.15) is 40.9 Å². The van der Waals surface area contributed by atoms with E-state index in [9.17, 15) is 4.79 Å². The van der Waals surface area contributed by atoms with Crippen molar-refractivity contribution in [3.8, 4) is 5.75 Å². The minimum absolute atomic E-state index is 0.0748. The maximum atomic E-state index is 11.6. The molecule has 138 valence electrons. The fourth-order valence-corrected chi connectivity index (χ4v) is 3.72. The number of Topliss-reactive ketones (excluding diaryl/α,β-unsaturated/α-hetero) is 1. The van der Waals surface area contributed by atoms with E-state index in [1.807, 2.05) is 36.5 Å². The monoisotopic (exact) mass is 377 g/mol. The third kappa shape index (κ3) is 5.20. The summed E-state index contributed by atoms with van der Waals surface area (Å²) < 4.78 is 6.04. The molecule has 2 aromatic carbocycles. The Bertz CT molecular complexity index is 953. The highest BCUT2D eigenvalue weighted by atomic mass is 32.2. The molecular weight excluding hydrogens is 354 g/mol. The van der Waals surface area contributed by atoms with E-state index < -0.39 is 0 Å². The highest BCUT2D eigenvalue weighted by Crippen LogP contribution is 2.28. The average molecular weight is 378 g/mol. The SMILES string of the molecule is CCc1cc(C(C)=O)ccc1OCc1cccc(Sc2cc(C)ccn2)c1. The zero-order valence-corrected chi connectivity index (χ0v) is 16.7. The maximum Gasteiger partial charge on any atom is 0.159 e. The van der Waals surface area contributed by atoms with Crippen molar-refractivity contribution in [3.63, 3.8) is 0 Å². The molecule has 0 unspecified atom stereocenters. The van der Waals surface area contributed by atoms with Gasteiger partial charge in [-0.1, -0.05) is 30.8 Å². The maximum absolute atomic E-state index is 11.6. The van der Waals surface area contributed by atoms with Gasteiger partial charge in [-0.3, -0.25) is 4.79 Å². The van der Waals surface area contributed by atoms with Gasteiger partial charge in [0.1, 0.15) is 17.4 Å². The summed E-state index contributed by atoms with van der Waals surface area (Å²) in [6, 6.07) is 18.0. The van der Waals surface area contributed by atoms with E-state index in [0.717, 1.165) is 38.8 Å². The number of pyridine rings is 1. The molecule has 0 aliphatic carbocycles. The molecule has 0 saturated heterocycles. The lowest BCUT2D eigenvalue weighted by Crippen LogP contribution is -2.01. The molecule has 3 aromatic rings. The Balaban J connectivity index is 1.71. The van der Waals surface area contributed by atoms with E-state index in [-0.39, 0.29) is 5.78 Å². The normalized spacial score (nSPS) is 10.6. The van der Waals surface area contributed by atoms with Crippen molar-refractivity contribution >= 4 is 17.5 Å². The van der Waals surface area contributed by atoms with Crippen molar-refractivity contribution in [1.82, 2.24) is 4.98 Å². The molecule has 0 spiro atoms. The van der Waals surface area contributed by atoms with Crippen molar-refractivity contribution < 1.29 is 9.53 Å². The molecule has 4 heteroatoms. The topological polar surface area (TPSA) is 39.2 Å². The molecule has 0 aliphatic heterocycles. The number of hydrogen-bond donors (Lipinski definition) is 0. The molecule has 0 bridgehead atoms. The van der Waals surface area contributed by atoms with Gasteiger partial charge in [0.15, 0.2) is 5.78 Å². The molecule has 0 saturated carbocycles. The number of ether oxygens (including phenoxy) is 1. The van der Waals surface area contributed by atoms with Crippen LogP contribution in [0.15, 0.2) is 70.7 Å². The number of aryl methyl sites for hydroxylation is 2. The van der Waals surface area contributed by atoms with Gasteiger partial charge in [0, 0.05) is 16.7 Å². The highest BCUT2D eigenvalue weighted by Gasteiger charge is 2.07. The molecular formula is C23H23NO2S. The molecule has 3 rings (SSSR count). The summed E-state index contributed by atoms with van der Waals surface area (Å²) in [6.07, 6.45) is 2.66. The van der Waals surface area contributed by atoms with Crippen LogP contribution in [0, 0.1) is 6.92 Å². The molecule has 1 heterocycles. The molecule has 0 fully saturated rings. The Labute approximate surface area is 164 Å². The van der Waals surface area contributed by atoms with Crippen LogP contribution < -0.4 is 4.74 Å². The standard InChI is InChI=1S/C23H23NO2S/c1-4-19-14-20(17(3)25)8-9-22(19)26-15-18-6-5-7-21(13-18)27-23-12-16(2)10-11-24-23/h5-14H,4,15H2,1-3H3. The first-order chi connectivity index (χ1) is 13.0. The first kappa shape index (κ1) is 19.2. The van der Waals surface area contributed by atoms with Crippen LogP contribution in [0.3, 0.4) is 0 Å². The smallest absolute Gasteiger partial charge is 0.159 e. The van der Waals surface area contributed by atoms with E-state index in [2.05, 4.69) is 43.1 Å². The summed E-state index contributed by atoms with van der Waals surface area (Å²) in [7, 11) is 0. The fraction of sp³-hybridized carbons (Fsp3) is 0.217. The summed E-state index contributed by atoms with van der Waals surface area (Å²) in [5.41, 5.74) is 4.08. The summed E-state index contributed by atoms with van der Waals surface area (Å²) >= 11 is 1.65. The number of carbonyl (C=O) groups is 1. The lowest BCUT2D eigenvalue weighted by molar-refractivity contribution is 0.101. The number of nitrogens with zero attached hydrogens (tertiary/aromatic N) is 1. The second-order valence-electron chi connectivity index (χ2n) is 6.44. The number of ketones is 1. The molecule has 0 N–H and O–H groups in total. The van der Waals surface area contributed by atoms with Crippen LogP contribution >= 0.6 is 11.8 Å². The van der Waals surface area contributed by atoms with Gasteiger partial charge in [-0.25, -0.2) is 4.98 Å². The van der Waals surface area contributed by atoms with Gasteiger partial charge in [0.25, 0.3) is 0 Å². The summed E-state index contributed by atoms with van der Waals surface area (Å²) in [6.45, 7) is 6.21.